The average Bonchev–Trinajstić information content (AvgIpc) is 2.59. The maximum atomic E-state index is 10.1. The first-order valence-corrected chi connectivity index (χ1v) is 7.68. The number of rotatable bonds is 4. The van der Waals surface area contributed by atoms with E-state index in [0.717, 1.165) is 16.6 Å². The van der Waals surface area contributed by atoms with Crippen LogP contribution in [0.1, 0.15) is 12.5 Å². The second kappa shape index (κ2) is 6.76. The van der Waals surface area contributed by atoms with Gasteiger partial charge in [0.05, 0.1) is 24.0 Å². The number of methoxy groups -OCH3 is 1. The summed E-state index contributed by atoms with van der Waals surface area (Å²) in [4.78, 5) is 4.29. The van der Waals surface area contributed by atoms with Crippen LogP contribution >= 0.6 is 11.6 Å². The van der Waals surface area contributed by atoms with Crippen molar-refractivity contribution >= 4 is 33.9 Å². The second-order valence-corrected chi connectivity index (χ2v) is 5.65. The number of benzene rings is 2. The monoisotopic (exact) mass is 341 g/mol. The molecule has 2 aromatic carbocycles. The third kappa shape index (κ3) is 3.26. The molecule has 6 heteroatoms. The van der Waals surface area contributed by atoms with Crippen LogP contribution in [0.3, 0.4) is 0 Å². The van der Waals surface area contributed by atoms with Gasteiger partial charge in [-0.25, -0.2) is 0 Å². The highest BCUT2D eigenvalue weighted by Crippen LogP contribution is 2.26. The molecule has 0 aliphatic heterocycles. The number of phenols is 1. The number of halogens is 1. The molecular weight excluding hydrogens is 326 g/mol. The fourth-order valence-corrected chi connectivity index (χ4v) is 2.53. The summed E-state index contributed by atoms with van der Waals surface area (Å²) in [6.45, 7) is 1.81. The number of hydrazone groups is 1. The van der Waals surface area contributed by atoms with Gasteiger partial charge < -0.3 is 9.84 Å². The molecule has 0 atom stereocenters. The number of aromatic nitrogens is 1. The van der Waals surface area contributed by atoms with Crippen molar-refractivity contribution in [1.29, 1.82) is 0 Å². The summed E-state index contributed by atoms with van der Waals surface area (Å²) in [5, 5.41) is 16.0. The number of hydrogen-bond donors (Lipinski definition) is 2. The van der Waals surface area contributed by atoms with Gasteiger partial charge in [0.25, 0.3) is 0 Å². The molecular formula is C18H16ClN3O2. The van der Waals surface area contributed by atoms with Crippen LogP contribution in [0.25, 0.3) is 10.9 Å². The Hall–Kier alpha value is -2.79. The smallest absolute Gasteiger partial charge is 0.128 e. The van der Waals surface area contributed by atoms with Crippen LogP contribution in [0.2, 0.25) is 5.02 Å². The van der Waals surface area contributed by atoms with Crippen molar-refractivity contribution in [3.8, 4) is 11.5 Å². The van der Waals surface area contributed by atoms with Gasteiger partial charge in [-0.1, -0.05) is 11.6 Å². The molecule has 122 valence electrons. The minimum absolute atomic E-state index is 0.115. The van der Waals surface area contributed by atoms with Crippen LogP contribution < -0.4 is 10.2 Å². The lowest BCUT2D eigenvalue weighted by atomic mass is 10.1. The molecule has 3 aromatic rings. The molecule has 0 spiro atoms. The zero-order valence-electron chi connectivity index (χ0n) is 13.2. The molecule has 0 saturated carbocycles. The molecule has 0 fully saturated rings. The highest BCUT2D eigenvalue weighted by molar-refractivity contribution is 6.31. The molecule has 2 N–H and O–H groups in total. The number of aromatic hydroxyl groups is 1. The Kier molecular flexibility index (Phi) is 4.53. The number of phenolic OH excluding ortho intramolecular Hbond substituents is 1. The van der Waals surface area contributed by atoms with E-state index in [1.165, 1.54) is 0 Å². The van der Waals surface area contributed by atoms with Gasteiger partial charge in [0.2, 0.25) is 0 Å². The average molecular weight is 342 g/mol. The third-order valence-corrected chi connectivity index (χ3v) is 3.88. The van der Waals surface area contributed by atoms with Gasteiger partial charge in [-0.05, 0) is 43.3 Å². The molecule has 3 rings (SSSR count). The predicted molar refractivity (Wildman–Crippen MR) is 97.2 cm³/mol. The van der Waals surface area contributed by atoms with Gasteiger partial charge >= 0.3 is 0 Å². The number of hydrogen-bond acceptors (Lipinski definition) is 5. The molecule has 24 heavy (non-hydrogen) atoms. The van der Waals surface area contributed by atoms with E-state index in [9.17, 15) is 5.11 Å². The molecule has 0 unspecified atom stereocenters. The van der Waals surface area contributed by atoms with Crippen molar-refractivity contribution in [3.05, 3.63) is 59.2 Å². The van der Waals surface area contributed by atoms with Gasteiger partial charge in [-0.3, -0.25) is 10.4 Å². The summed E-state index contributed by atoms with van der Waals surface area (Å²) in [5.74, 6) is 0.706. The Morgan fingerprint density at radius 1 is 1.21 bits per heavy atom. The summed E-state index contributed by atoms with van der Waals surface area (Å²) in [6.07, 6.45) is 1.69. The zero-order chi connectivity index (χ0) is 17.1. The van der Waals surface area contributed by atoms with E-state index in [1.807, 2.05) is 25.1 Å². The summed E-state index contributed by atoms with van der Waals surface area (Å²) in [5.41, 5.74) is 5.89. The Labute approximate surface area is 144 Å². The van der Waals surface area contributed by atoms with Gasteiger partial charge in [-0.2, -0.15) is 5.10 Å². The maximum Gasteiger partial charge on any atom is 0.128 e. The Morgan fingerprint density at radius 3 is 2.79 bits per heavy atom. The molecule has 0 aliphatic rings. The Balaban J connectivity index is 1.90. The number of anilines is 1. The van der Waals surface area contributed by atoms with Crippen LogP contribution in [0.15, 0.2) is 53.8 Å². The molecule has 5 nitrogen and oxygen atoms in total. The molecule has 1 heterocycles. The maximum absolute atomic E-state index is 10.1. The van der Waals surface area contributed by atoms with Gasteiger partial charge in [0, 0.05) is 28.2 Å². The Bertz CT molecular complexity index is 925. The van der Waals surface area contributed by atoms with Crippen LogP contribution in [-0.4, -0.2) is 22.9 Å². The normalized spacial score (nSPS) is 11.5. The second-order valence-electron chi connectivity index (χ2n) is 5.21. The van der Waals surface area contributed by atoms with E-state index in [0.29, 0.717) is 22.0 Å². The van der Waals surface area contributed by atoms with E-state index in [-0.39, 0.29) is 5.75 Å². The van der Waals surface area contributed by atoms with Crippen LogP contribution in [-0.2, 0) is 0 Å². The fourth-order valence-electron chi connectivity index (χ4n) is 2.37. The molecule has 0 amide bonds. The van der Waals surface area contributed by atoms with Crippen LogP contribution in [0, 0.1) is 0 Å². The highest BCUT2D eigenvalue weighted by Gasteiger charge is 2.07. The van der Waals surface area contributed by atoms with E-state index >= 15 is 0 Å². The first kappa shape index (κ1) is 16.1. The van der Waals surface area contributed by atoms with Crippen LogP contribution in [0.4, 0.5) is 5.69 Å². The van der Waals surface area contributed by atoms with E-state index in [4.69, 9.17) is 16.3 Å². The summed E-state index contributed by atoms with van der Waals surface area (Å²) in [6, 6.07) is 12.4. The summed E-state index contributed by atoms with van der Waals surface area (Å²) < 4.78 is 5.08. The van der Waals surface area contributed by atoms with E-state index in [2.05, 4.69) is 15.5 Å². The van der Waals surface area contributed by atoms with E-state index in [1.54, 1.807) is 37.6 Å². The number of ether oxygens (including phenoxy) is 1. The molecule has 0 bridgehead atoms. The van der Waals surface area contributed by atoms with Crippen molar-refractivity contribution < 1.29 is 9.84 Å². The van der Waals surface area contributed by atoms with Crippen molar-refractivity contribution in [1.82, 2.24) is 4.98 Å². The van der Waals surface area contributed by atoms with Crippen molar-refractivity contribution in [2.75, 3.05) is 12.5 Å². The minimum Gasteiger partial charge on any atom is -0.507 e. The lowest BCUT2D eigenvalue weighted by Gasteiger charge is -2.09. The van der Waals surface area contributed by atoms with Gasteiger partial charge in [0.1, 0.15) is 11.5 Å². The SMILES string of the molecule is COc1ccc(/C(C)=N/Nc2ccnc3cc(Cl)ccc23)c(O)c1. The highest BCUT2D eigenvalue weighted by atomic mass is 35.5. The zero-order valence-corrected chi connectivity index (χ0v) is 14.0. The van der Waals surface area contributed by atoms with Gasteiger partial charge in [0.15, 0.2) is 0 Å². The molecule has 0 saturated heterocycles. The van der Waals surface area contributed by atoms with Crippen LogP contribution in [0.5, 0.6) is 11.5 Å². The van der Waals surface area contributed by atoms with Crippen molar-refractivity contribution in [2.45, 2.75) is 6.92 Å². The summed E-state index contributed by atoms with van der Waals surface area (Å²) >= 11 is 5.99. The third-order valence-electron chi connectivity index (χ3n) is 3.64. The number of fused-ring (bicyclic) bond motifs is 1. The minimum atomic E-state index is 0.115. The number of nitrogens with one attached hydrogen (secondary N) is 1. The van der Waals surface area contributed by atoms with Crippen molar-refractivity contribution in [2.24, 2.45) is 5.10 Å². The predicted octanol–water partition coefficient (Wildman–Crippen LogP) is 4.44. The van der Waals surface area contributed by atoms with Gasteiger partial charge in [-0.15, -0.1) is 0 Å². The standard InChI is InChI=1S/C18H16ClN3O2/c1-11(14-6-4-13(24-2)10-18(14)23)21-22-16-7-8-20-17-9-12(19)3-5-15(16)17/h3-10,23H,1-2H3,(H,20,22)/b21-11+. The first-order valence-electron chi connectivity index (χ1n) is 7.30. The quantitative estimate of drug-likeness (QED) is 0.544. The lowest BCUT2D eigenvalue weighted by molar-refractivity contribution is 0.407. The molecule has 1 aromatic heterocycles. The number of pyridine rings is 1. The Morgan fingerprint density at radius 2 is 2.04 bits per heavy atom. The van der Waals surface area contributed by atoms with E-state index < -0.39 is 0 Å². The largest absolute Gasteiger partial charge is 0.507 e. The van der Waals surface area contributed by atoms with Crippen molar-refractivity contribution in [3.63, 3.8) is 0 Å². The lowest BCUT2D eigenvalue weighted by Crippen LogP contribution is -2.01. The fraction of sp³-hybridized carbons (Fsp3) is 0.111. The number of nitrogens with zero attached hydrogens (tertiary/aromatic N) is 2. The summed E-state index contributed by atoms with van der Waals surface area (Å²) in [7, 11) is 1.55. The molecule has 0 aliphatic carbocycles. The molecule has 0 radical (unpaired) electrons. The first-order chi connectivity index (χ1) is 11.6. The topological polar surface area (TPSA) is 66.7 Å².